The van der Waals surface area contributed by atoms with Gasteiger partial charge in [-0.3, -0.25) is 4.79 Å². The van der Waals surface area contributed by atoms with Crippen LogP contribution in [-0.4, -0.2) is 36.3 Å². The van der Waals surface area contributed by atoms with Crippen molar-refractivity contribution < 1.29 is 22.1 Å². The van der Waals surface area contributed by atoms with Crippen molar-refractivity contribution in [3.05, 3.63) is 58.7 Å². The number of benzene rings is 2. The maximum Gasteiger partial charge on any atom is 0.246 e. The van der Waals surface area contributed by atoms with Crippen molar-refractivity contribution in [1.82, 2.24) is 10.1 Å². The lowest BCUT2D eigenvalue weighted by Crippen LogP contribution is -2.45. The third-order valence-electron chi connectivity index (χ3n) is 5.39. The molecule has 0 radical (unpaired) electrons. The van der Waals surface area contributed by atoms with E-state index in [1.54, 1.807) is 38.1 Å². The Bertz CT molecular complexity index is 1430. The summed E-state index contributed by atoms with van der Waals surface area (Å²) in [4.78, 5) is 18.0. The normalized spacial score (nSPS) is 17.7. The van der Waals surface area contributed by atoms with Gasteiger partial charge in [-0.25, -0.2) is 12.8 Å². The van der Waals surface area contributed by atoms with Crippen molar-refractivity contribution in [1.29, 1.82) is 5.26 Å². The van der Waals surface area contributed by atoms with Gasteiger partial charge in [-0.05, 0) is 43.7 Å². The Morgan fingerprint density at radius 2 is 2.00 bits per heavy atom. The Labute approximate surface area is 199 Å². The van der Waals surface area contributed by atoms with Gasteiger partial charge in [0.2, 0.25) is 17.6 Å². The molecule has 176 valence electrons. The van der Waals surface area contributed by atoms with Crippen molar-refractivity contribution >= 4 is 33.0 Å². The van der Waals surface area contributed by atoms with Crippen molar-refractivity contribution in [2.75, 3.05) is 10.7 Å². The zero-order chi connectivity index (χ0) is 24.8. The van der Waals surface area contributed by atoms with E-state index in [1.807, 2.05) is 6.07 Å². The van der Waals surface area contributed by atoms with Crippen LogP contribution < -0.4 is 10.6 Å². The Balaban J connectivity index is 1.89. The smallest absolute Gasteiger partial charge is 0.246 e. The molecule has 1 aromatic heterocycles. The highest BCUT2D eigenvalue weighted by molar-refractivity contribution is 7.91. The first-order valence-electron chi connectivity index (χ1n) is 10.1. The molecule has 1 atom stereocenters. The van der Waals surface area contributed by atoms with Crippen molar-refractivity contribution in [3.8, 4) is 17.5 Å². The molecule has 9 nitrogen and oxygen atoms in total. The van der Waals surface area contributed by atoms with E-state index in [-0.39, 0.29) is 34.4 Å². The average molecular weight is 504 g/mol. The number of nitrogens with zero attached hydrogens (tertiary/aromatic N) is 4. The molecular weight excluding hydrogens is 485 g/mol. The summed E-state index contributed by atoms with van der Waals surface area (Å²) in [6.07, 6.45) is 0. The minimum Gasteiger partial charge on any atom is -0.337 e. The van der Waals surface area contributed by atoms with Gasteiger partial charge in [-0.15, -0.1) is 0 Å². The fraction of sp³-hybridized carbons (Fsp3) is 0.273. The number of anilines is 1. The van der Waals surface area contributed by atoms with Crippen LogP contribution in [0.2, 0.25) is 5.02 Å². The van der Waals surface area contributed by atoms with Crippen molar-refractivity contribution in [2.45, 2.75) is 36.7 Å². The molecule has 0 saturated heterocycles. The number of nitrogens with two attached hydrogens (primary N) is 1. The number of carbonyl (C=O) groups excluding carboxylic acids is 1. The summed E-state index contributed by atoms with van der Waals surface area (Å²) in [7, 11) is -4.09. The Morgan fingerprint density at radius 3 is 2.65 bits per heavy atom. The average Bonchev–Trinajstić information content (AvgIpc) is 3.27. The molecule has 2 aromatic carbocycles. The summed E-state index contributed by atoms with van der Waals surface area (Å²) < 4.78 is 46.1. The molecule has 0 aliphatic carbocycles. The molecule has 1 aliphatic rings. The number of fused-ring (bicyclic) bond motifs is 1. The van der Waals surface area contributed by atoms with E-state index < -0.39 is 38.8 Å². The van der Waals surface area contributed by atoms with Gasteiger partial charge in [0, 0.05) is 5.02 Å². The highest BCUT2D eigenvalue weighted by Crippen LogP contribution is 2.37. The van der Waals surface area contributed by atoms with E-state index in [0.717, 1.165) is 6.07 Å². The number of aromatic nitrogens is 2. The first kappa shape index (κ1) is 23.8. The Hall–Kier alpha value is -3.33. The molecule has 2 heterocycles. The van der Waals surface area contributed by atoms with Gasteiger partial charge in [0.1, 0.15) is 11.2 Å². The fourth-order valence-corrected chi connectivity index (χ4v) is 5.15. The molecule has 0 unspecified atom stereocenters. The molecule has 2 N–H and O–H groups in total. The molecule has 0 saturated carbocycles. The van der Waals surface area contributed by atoms with Gasteiger partial charge >= 0.3 is 0 Å². The second-order valence-corrected chi connectivity index (χ2v) is 10.8. The number of rotatable bonds is 4. The third kappa shape index (κ3) is 4.27. The van der Waals surface area contributed by atoms with Gasteiger partial charge in [0.25, 0.3) is 0 Å². The van der Waals surface area contributed by atoms with Gasteiger partial charge in [0.15, 0.2) is 9.84 Å². The van der Waals surface area contributed by atoms with Crippen LogP contribution in [-0.2, 0) is 26.6 Å². The predicted molar refractivity (Wildman–Crippen MR) is 121 cm³/mol. The zero-order valence-electron chi connectivity index (χ0n) is 18.1. The molecule has 0 spiro atoms. The topological polar surface area (TPSA) is 143 Å². The molecule has 1 aliphatic heterocycles. The Morgan fingerprint density at radius 1 is 1.32 bits per heavy atom. The maximum absolute atomic E-state index is 15.1. The van der Waals surface area contributed by atoms with Crippen LogP contribution in [0.1, 0.15) is 25.3 Å². The van der Waals surface area contributed by atoms with E-state index >= 15 is 4.39 Å². The summed E-state index contributed by atoms with van der Waals surface area (Å²) in [5.41, 5.74) is 5.17. The van der Waals surface area contributed by atoms with E-state index in [9.17, 15) is 18.5 Å². The third-order valence-corrected chi connectivity index (χ3v) is 7.44. The lowest BCUT2D eigenvalue weighted by molar-refractivity contribution is -0.119. The highest BCUT2D eigenvalue weighted by Gasteiger charge is 2.38. The van der Waals surface area contributed by atoms with Gasteiger partial charge in [-0.2, -0.15) is 10.2 Å². The fourth-order valence-electron chi connectivity index (χ4n) is 3.46. The van der Waals surface area contributed by atoms with Gasteiger partial charge < -0.3 is 15.2 Å². The molecule has 12 heteroatoms. The van der Waals surface area contributed by atoms with E-state index in [0.29, 0.717) is 10.6 Å². The van der Waals surface area contributed by atoms with Crippen LogP contribution in [0, 0.1) is 17.1 Å². The molecule has 34 heavy (non-hydrogen) atoms. The van der Waals surface area contributed by atoms with Crippen LogP contribution in [0.4, 0.5) is 10.1 Å². The first-order valence-corrected chi connectivity index (χ1v) is 12.1. The maximum atomic E-state index is 15.1. The number of carbonyl (C=O) groups is 1. The monoisotopic (exact) mass is 503 g/mol. The van der Waals surface area contributed by atoms with Crippen LogP contribution in [0.5, 0.6) is 0 Å². The van der Waals surface area contributed by atoms with Crippen LogP contribution in [0.15, 0.2) is 45.8 Å². The van der Waals surface area contributed by atoms with Crippen LogP contribution in [0.3, 0.4) is 0 Å². The second-order valence-electron chi connectivity index (χ2n) is 8.40. The number of amides is 1. The predicted octanol–water partition coefficient (Wildman–Crippen LogP) is 2.98. The molecule has 0 bridgehead atoms. The molecule has 3 aromatic rings. The first-order chi connectivity index (χ1) is 15.9. The zero-order valence-corrected chi connectivity index (χ0v) is 19.7. The van der Waals surface area contributed by atoms with Crippen LogP contribution in [0.25, 0.3) is 11.4 Å². The number of sulfone groups is 1. The number of nitriles is 1. The summed E-state index contributed by atoms with van der Waals surface area (Å²) >= 11 is 5.94. The summed E-state index contributed by atoms with van der Waals surface area (Å²) in [5.74, 6) is -2.48. The standard InChI is InChI=1S/C22H19ClFN5O4S/c1-22(2,11-25)21-27-19(28-33-21)14-7-17-18(8-15(14)24)34(31,32)10-16(26)20(30)29(17)9-12-3-5-13(23)6-4-12/h3-8,16H,9-10,26H2,1-2H3/t16-/m0/s1. The van der Waals surface area contributed by atoms with Gasteiger partial charge in [0.05, 0.1) is 40.6 Å². The minimum absolute atomic E-state index is 0.0315. The van der Waals surface area contributed by atoms with E-state index in [1.165, 1.54) is 11.0 Å². The molecular formula is C22H19ClFN5O4S. The molecule has 0 fully saturated rings. The van der Waals surface area contributed by atoms with Gasteiger partial charge in [-0.1, -0.05) is 28.9 Å². The SMILES string of the molecule is CC(C)(C#N)c1nc(-c2cc3c(cc2F)S(=O)(=O)C[C@H](N)C(=O)N3Cc2ccc(Cl)cc2)no1. The lowest BCUT2D eigenvalue weighted by Gasteiger charge is -2.24. The minimum atomic E-state index is -4.09. The van der Waals surface area contributed by atoms with Crippen LogP contribution >= 0.6 is 11.6 Å². The second kappa shape index (κ2) is 8.47. The van der Waals surface area contributed by atoms with Crippen molar-refractivity contribution in [2.24, 2.45) is 5.73 Å². The summed E-state index contributed by atoms with van der Waals surface area (Å²) in [5, 5.41) is 13.5. The lowest BCUT2D eigenvalue weighted by atomic mass is 9.96. The largest absolute Gasteiger partial charge is 0.337 e. The number of hydrogen-bond acceptors (Lipinski definition) is 8. The van der Waals surface area contributed by atoms with Crippen molar-refractivity contribution in [3.63, 3.8) is 0 Å². The summed E-state index contributed by atoms with van der Waals surface area (Å²) in [6.45, 7) is 3.08. The molecule has 4 rings (SSSR count). The highest BCUT2D eigenvalue weighted by atomic mass is 35.5. The van der Waals surface area contributed by atoms with E-state index in [2.05, 4.69) is 10.1 Å². The number of hydrogen-bond donors (Lipinski definition) is 1. The van der Waals surface area contributed by atoms with E-state index in [4.69, 9.17) is 21.9 Å². The quantitative estimate of drug-likeness (QED) is 0.572. The number of halogens is 2. The Kier molecular flexibility index (Phi) is 5.93. The summed E-state index contributed by atoms with van der Waals surface area (Å²) in [6, 6.07) is 9.29. The molecule has 1 amide bonds.